The van der Waals surface area contributed by atoms with Gasteiger partial charge in [-0.1, -0.05) is 24.3 Å². The van der Waals surface area contributed by atoms with Gasteiger partial charge in [-0.25, -0.2) is 4.79 Å². The molecule has 1 amide bonds. The molecule has 2 rings (SSSR count). The van der Waals surface area contributed by atoms with E-state index in [2.05, 4.69) is 15.0 Å². The van der Waals surface area contributed by atoms with Crippen molar-refractivity contribution in [1.29, 1.82) is 0 Å². The summed E-state index contributed by atoms with van der Waals surface area (Å²) in [6.07, 6.45) is -3.81. The van der Waals surface area contributed by atoms with Crippen LogP contribution in [0.15, 0.2) is 54.7 Å². The summed E-state index contributed by atoms with van der Waals surface area (Å²) in [6.45, 7) is -0.123. The molecule has 1 aromatic heterocycles. The lowest BCUT2D eigenvalue weighted by Gasteiger charge is -2.34. The van der Waals surface area contributed by atoms with Crippen molar-refractivity contribution < 1.29 is 32.2 Å². The van der Waals surface area contributed by atoms with E-state index in [1.54, 1.807) is 35.6 Å². The van der Waals surface area contributed by atoms with Crippen LogP contribution >= 0.6 is 0 Å². The smallest absolute Gasteiger partial charge is 0.436 e. The molecule has 7 nitrogen and oxygen atoms in total. The van der Waals surface area contributed by atoms with Gasteiger partial charge in [-0.15, -0.1) is 0 Å². The Morgan fingerprint density at radius 3 is 2.34 bits per heavy atom. The van der Waals surface area contributed by atoms with Crippen molar-refractivity contribution >= 4 is 11.9 Å². The largest absolute Gasteiger partial charge is 0.484 e. The van der Waals surface area contributed by atoms with Gasteiger partial charge in [0.2, 0.25) is 0 Å². The number of nitrogens with zero attached hydrogens (tertiary/aromatic N) is 1. The molecule has 0 fully saturated rings. The van der Waals surface area contributed by atoms with Gasteiger partial charge in [-0.2, -0.15) is 13.2 Å². The molecule has 0 saturated heterocycles. The normalized spacial score (nSPS) is 13.2. The molecule has 1 atom stereocenters. The van der Waals surface area contributed by atoms with Crippen molar-refractivity contribution in [2.45, 2.75) is 25.3 Å². The highest BCUT2D eigenvalue weighted by Crippen LogP contribution is 2.30. The fourth-order valence-electron chi connectivity index (χ4n) is 2.33. The Hall–Kier alpha value is -3.14. The molecule has 1 heterocycles. The van der Waals surface area contributed by atoms with Crippen molar-refractivity contribution in [2.24, 2.45) is 0 Å². The molecule has 0 saturated carbocycles. The Labute approximate surface area is 165 Å². The maximum absolute atomic E-state index is 13.9. The number of alkyl halides is 3. The quantitative estimate of drug-likeness (QED) is 0.486. The second-order valence-electron chi connectivity index (χ2n) is 5.79. The Balaban J connectivity index is 2.21. The molecule has 0 bridgehead atoms. The lowest BCUT2D eigenvalue weighted by atomic mass is 10.1. The summed E-state index contributed by atoms with van der Waals surface area (Å²) >= 11 is 0. The van der Waals surface area contributed by atoms with Crippen LogP contribution in [0.25, 0.3) is 0 Å². The molecular weight excluding hydrogens is 391 g/mol. The maximum atomic E-state index is 13.9. The number of hydrogen-bond acceptors (Lipinski definition) is 6. The first-order valence-electron chi connectivity index (χ1n) is 8.66. The first kappa shape index (κ1) is 22.2. The number of benzene rings is 1. The van der Waals surface area contributed by atoms with Crippen molar-refractivity contribution in [3.63, 3.8) is 0 Å². The van der Waals surface area contributed by atoms with Crippen LogP contribution in [0, 0.1) is 0 Å². The van der Waals surface area contributed by atoms with Crippen LogP contribution in [0.5, 0.6) is 5.75 Å². The van der Waals surface area contributed by atoms with Crippen LogP contribution in [0.2, 0.25) is 0 Å². The minimum atomic E-state index is -5.20. The molecule has 2 aromatic rings. The van der Waals surface area contributed by atoms with Gasteiger partial charge in [0.05, 0.1) is 12.3 Å². The summed E-state index contributed by atoms with van der Waals surface area (Å²) in [7, 11) is 0. The van der Waals surface area contributed by atoms with Crippen LogP contribution in [0.1, 0.15) is 12.6 Å². The van der Waals surface area contributed by atoms with E-state index >= 15 is 0 Å². The van der Waals surface area contributed by atoms with Crippen molar-refractivity contribution in [2.75, 3.05) is 13.2 Å². The van der Waals surface area contributed by atoms with Gasteiger partial charge in [-0.05, 0) is 31.2 Å². The van der Waals surface area contributed by atoms with E-state index in [4.69, 9.17) is 4.74 Å². The van der Waals surface area contributed by atoms with Crippen molar-refractivity contribution in [3.8, 4) is 5.75 Å². The van der Waals surface area contributed by atoms with Crippen LogP contribution in [-0.4, -0.2) is 41.9 Å². The third-order valence-electron chi connectivity index (χ3n) is 3.71. The summed E-state index contributed by atoms with van der Waals surface area (Å²) < 4.78 is 51.6. The van der Waals surface area contributed by atoms with Crippen LogP contribution < -0.4 is 15.4 Å². The molecule has 0 aliphatic rings. The van der Waals surface area contributed by atoms with E-state index in [0.29, 0.717) is 0 Å². The highest BCUT2D eigenvalue weighted by atomic mass is 19.4. The number of pyridine rings is 1. The zero-order valence-corrected chi connectivity index (χ0v) is 15.5. The number of nitrogens with one attached hydrogen (secondary N) is 2. The summed E-state index contributed by atoms with van der Waals surface area (Å²) in [5.41, 5.74) is -3.22. The average Bonchev–Trinajstić information content (AvgIpc) is 2.70. The van der Waals surface area contributed by atoms with Gasteiger partial charge in [0.25, 0.3) is 11.6 Å². The van der Waals surface area contributed by atoms with Crippen LogP contribution in [-0.2, 0) is 20.9 Å². The van der Waals surface area contributed by atoms with E-state index < -0.39 is 36.9 Å². The van der Waals surface area contributed by atoms with Crippen LogP contribution in [0.4, 0.5) is 13.2 Å². The van der Waals surface area contributed by atoms with Gasteiger partial charge < -0.3 is 14.8 Å². The third-order valence-corrected chi connectivity index (χ3v) is 3.71. The molecule has 1 aromatic carbocycles. The summed E-state index contributed by atoms with van der Waals surface area (Å²) in [5, 5.41) is 3.75. The monoisotopic (exact) mass is 411 g/mol. The SMILES string of the molecule is CCOC(=O)C(NCc1ccccn1)(NC(=O)COc1ccccc1)C(F)(F)F. The van der Waals surface area contributed by atoms with E-state index in [0.717, 1.165) is 0 Å². The first-order valence-corrected chi connectivity index (χ1v) is 8.66. The van der Waals surface area contributed by atoms with Crippen molar-refractivity contribution in [1.82, 2.24) is 15.6 Å². The number of carbonyl (C=O) groups is 2. The Morgan fingerprint density at radius 1 is 1.07 bits per heavy atom. The molecule has 2 N–H and O–H groups in total. The number of halogens is 3. The van der Waals surface area contributed by atoms with E-state index in [9.17, 15) is 22.8 Å². The number of aromatic nitrogens is 1. The first-order chi connectivity index (χ1) is 13.8. The lowest BCUT2D eigenvalue weighted by molar-refractivity contribution is -0.222. The molecule has 0 aliphatic carbocycles. The third kappa shape index (κ3) is 5.92. The molecule has 156 valence electrons. The summed E-state index contributed by atoms with van der Waals surface area (Å²) in [5.74, 6) is -2.55. The summed E-state index contributed by atoms with van der Waals surface area (Å²) in [4.78, 5) is 28.4. The molecule has 0 spiro atoms. The van der Waals surface area contributed by atoms with E-state index in [1.165, 1.54) is 31.3 Å². The minimum absolute atomic E-state index is 0.236. The van der Waals surface area contributed by atoms with Gasteiger partial charge in [0.15, 0.2) is 6.61 Å². The minimum Gasteiger partial charge on any atom is -0.484 e. The van der Waals surface area contributed by atoms with Gasteiger partial charge >= 0.3 is 12.1 Å². The Bertz CT molecular complexity index is 803. The molecule has 1 unspecified atom stereocenters. The molecule has 0 aliphatic heterocycles. The Kier molecular flexibility index (Phi) is 7.54. The molecular formula is C19H20F3N3O4. The molecule has 29 heavy (non-hydrogen) atoms. The number of hydrogen-bond donors (Lipinski definition) is 2. The van der Waals surface area contributed by atoms with E-state index in [1.807, 2.05) is 0 Å². The predicted molar refractivity (Wildman–Crippen MR) is 96.6 cm³/mol. The van der Waals surface area contributed by atoms with Gasteiger partial charge in [0, 0.05) is 12.7 Å². The summed E-state index contributed by atoms with van der Waals surface area (Å²) in [6, 6.07) is 12.7. The number of rotatable bonds is 9. The second kappa shape index (κ2) is 9.87. The number of ether oxygens (including phenoxy) is 2. The molecule has 10 heteroatoms. The number of esters is 1. The van der Waals surface area contributed by atoms with E-state index in [-0.39, 0.29) is 18.1 Å². The van der Waals surface area contributed by atoms with Crippen molar-refractivity contribution in [3.05, 3.63) is 60.4 Å². The zero-order valence-electron chi connectivity index (χ0n) is 15.5. The zero-order chi connectivity index (χ0) is 21.3. The lowest BCUT2D eigenvalue weighted by Crippen LogP contribution is -2.73. The molecule has 0 radical (unpaired) electrons. The van der Waals surface area contributed by atoms with Crippen LogP contribution in [0.3, 0.4) is 0 Å². The average molecular weight is 411 g/mol. The number of para-hydroxylation sites is 1. The van der Waals surface area contributed by atoms with Gasteiger partial charge in [0.1, 0.15) is 5.75 Å². The fourth-order valence-corrected chi connectivity index (χ4v) is 2.33. The fraction of sp³-hybridized carbons (Fsp3) is 0.316. The predicted octanol–water partition coefficient (Wildman–Crippen LogP) is 2.19. The Morgan fingerprint density at radius 2 is 1.76 bits per heavy atom. The topological polar surface area (TPSA) is 89.5 Å². The second-order valence-corrected chi connectivity index (χ2v) is 5.79. The standard InChI is InChI=1S/C19H20F3N3O4/c1-2-28-17(27)18(19(20,21)22,24-12-14-8-6-7-11-23-14)25-16(26)13-29-15-9-4-3-5-10-15/h3-11,24H,2,12-13H2,1H3,(H,25,26). The van der Waals surface area contributed by atoms with Gasteiger partial charge in [-0.3, -0.25) is 15.1 Å². The highest BCUT2D eigenvalue weighted by molar-refractivity contribution is 5.89. The number of amides is 1. The maximum Gasteiger partial charge on any atom is 0.436 e. The highest BCUT2D eigenvalue weighted by Gasteiger charge is 2.63. The number of carbonyl (C=O) groups excluding carboxylic acids is 2.